The lowest BCUT2D eigenvalue weighted by Gasteiger charge is -2.23. The maximum absolute atomic E-state index is 12.4. The van der Waals surface area contributed by atoms with Gasteiger partial charge in [0.2, 0.25) is 0 Å². The summed E-state index contributed by atoms with van der Waals surface area (Å²) in [5, 5.41) is 4.79. The summed E-state index contributed by atoms with van der Waals surface area (Å²) in [7, 11) is 0. The van der Waals surface area contributed by atoms with E-state index < -0.39 is 0 Å². The molecule has 1 aromatic rings. The minimum Gasteiger partial charge on any atom is -0.461 e. The van der Waals surface area contributed by atoms with Gasteiger partial charge in [0.25, 0.3) is 0 Å². The Bertz CT molecular complexity index is 487. The fourth-order valence-corrected chi connectivity index (χ4v) is 3.58. The molecular formula is C16H24N2O2. The van der Waals surface area contributed by atoms with Gasteiger partial charge in [0.05, 0.1) is 18.3 Å². The number of carbonyl (C=O) groups is 1. The normalized spacial score (nSPS) is 19.6. The number of esters is 1. The van der Waals surface area contributed by atoms with Crippen LogP contribution in [0.3, 0.4) is 0 Å². The fraction of sp³-hybridized carbons (Fsp3) is 0.750. The van der Waals surface area contributed by atoms with Crippen LogP contribution in [-0.2, 0) is 17.6 Å². The summed E-state index contributed by atoms with van der Waals surface area (Å²) in [6.07, 6.45) is 10.4. The second-order valence-electron chi connectivity index (χ2n) is 5.94. The molecule has 4 heteroatoms. The standard InChI is InChI=1S/C16H24N2O2/c1-2-20-16(19)15-13-10-6-7-11-14(13)17-18(15)12-8-4-3-5-9-12/h12H,2-11H2,1H3. The maximum Gasteiger partial charge on any atom is 0.356 e. The van der Waals surface area contributed by atoms with Gasteiger partial charge in [-0.15, -0.1) is 0 Å². The second kappa shape index (κ2) is 5.98. The number of aromatic nitrogens is 2. The molecule has 1 fully saturated rings. The number of fused-ring (bicyclic) bond motifs is 1. The zero-order valence-corrected chi connectivity index (χ0v) is 12.4. The van der Waals surface area contributed by atoms with E-state index in [0.29, 0.717) is 12.6 Å². The molecule has 2 aliphatic carbocycles. The Morgan fingerprint density at radius 3 is 2.70 bits per heavy atom. The van der Waals surface area contributed by atoms with Crippen molar-refractivity contribution < 1.29 is 9.53 Å². The van der Waals surface area contributed by atoms with E-state index in [2.05, 4.69) is 0 Å². The highest BCUT2D eigenvalue weighted by Gasteiger charge is 2.29. The highest BCUT2D eigenvalue weighted by Crippen LogP contribution is 2.33. The number of ether oxygens (including phenoxy) is 1. The van der Waals surface area contributed by atoms with E-state index in [9.17, 15) is 4.79 Å². The lowest BCUT2D eigenvalue weighted by atomic mass is 9.94. The lowest BCUT2D eigenvalue weighted by Crippen LogP contribution is -2.21. The highest BCUT2D eigenvalue weighted by molar-refractivity contribution is 5.89. The molecule has 2 aliphatic rings. The Balaban J connectivity index is 1.98. The molecule has 20 heavy (non-hydrogen) atoms. The van der Waals surface area contributed by atoms with E-state index in [-0.39, 0.29) is 5.97 Å². The van der Waals surface area contributed by atoms with E-state index in [1.165, 1.54) is 31.2 Å². The minimum atomic E-state index is -0.172. The van der Waals surface area contributed by atoms with Gasteiger partial charge in [-0.2, -0.15) is 5.10 Å². The van der Waals surface area contributed by atoms with Crippen LogP contribution in [0.5, 0.6) is 0 Å². The molecular weight excluding hydrogens is 252 g/mol. The Kier molecular flexibility index (Phi) is 4.08. The van der Waals surface area contributed by atoms with Crippen molar-refractivity contribution >= 4 is 5.97 Å². The van der Waals surface area contributed by atoms with E-state index in [1.54, 1.807) is 0 Å². The van der Waals surface area contributed by atoms with Gasteiger partial charge in [0, 0.05) is 5.56 Å². The second-order valence-corrected chi connectivity index (χ2v) is 5.94. The molecule has 0 bridgehead atoms. The first-order valence-electron chi connectivity index (χ1n) is 8.08. The largest absolute Gasteiger partial charge is 0.461 e. The van der Waals surface area contributed by atoms with Crippen LogP contribution in [0.1, 0.15) is 79.7 Å². The molecule has 0 amide bonds. The predicted molar refractivity (Wildman–Crippen MR) is 76.9 cm³/mol. The van der Waals surface area contributed by atoms with Crippen LogP contribution in [-0.4, -0.2) is 22.4 Å². The van der Waals surface area contributed by atoms with Crippen molar-refractivity contribution in [2.75, 3.05) is 6.61 Å². The molecule has 4 nitrogen and oxygen atoms in total. The number of rotatable bonds is 3. The molecule has 1 aromatic heterocycles. The third-order valence-electron chi connectivity index (χ3n) is 4.57. The van der Waals surface area contributed by atoms with Gasteiger partial charge in [0.1, 0.15) is 5.69 Å². The number of hydrogen-bond acceptors (Lipinski definition) is 3. The summed E-state index contributed by atoms with van der Waals surface area (Å²) in [5.41, 5.74) is 3.07. The molecule has 1 heterocycles. The number of aryl methyl sites for hydroxylation is 1. The molecule has 0 unspecified atom stereocenters. The van der Waals surface area contributed by atoms with Crippen molar-refractivity contribution in [3.05, 3.63) is 17.0 Å². The minimum absolute atomic E-state index is 0.172. The van der Waals surface area contributed by atoms with Crippen molar-refractivity contribution in [3.8, 4) is 0 Å². The predicted octanol–water partition coefficient (Wildman–Crippen LogP) is 3.44. The molecule has 3 rings (SSSR count). The fourth-order valence-electron chi connectivity index (χ4n) is 3.58. The Labute approximate surface area is 120 Å². The van der Waals surface area contributed by atoms with Gasteiger partial charge < -0.3 is 4.74 Å². The maximum atomic E-state index is 12.4. The van der Waals surface area contributed by atoms with Gasteiger partial charge in [-0.1, -0.05) is 19.3 Å². The average molecular weight is 276 g/mol. The Morgan fingerprint density at radius 1 is 1.20 bits per heavy atom. The highest BCUT2D eigenvalue weighted by atomic mass is 16.5. The van der Waals surface area contributed by atoms with Crippen molar-refractivity contribution in [3.63, 3.8) is 0 Å². The quantitative estimate of drug-likeness (QED) is 0.794. The molecule has 0 saturated heterocycles. The first kappa shape index (κ1) is 13.7. The third kappa shape index (κ3) is 2.48. The van der Waals surface area contributed by atoms with E-state index in [1.807, 2.05) is 11.6 Å². The monoisotopic (exact) mass is 276 g/mol. The lowest BCUT2D eigenvalue weighted by molar-refractivity contribution is 0.0505. The smallest absolute Gasteiger partial charge is 0.356 e. The van der Waals surface area contributed by atoms with Crippen LogP contribution >= 0.6 is 0 Å². The zero-order valence-electron chi connectivity index (χ0n) is 12.4. The summed E-state index contributed by atoms with van der Waals surface area (Å²) >= 11 is 0. The van der Waals surface area contributed by atoms with Crippen LogP contribution in [0.4, 0.5) is 0 Å². The first-order valence-corrected chi connectivity index (χ1v) is 8.08. The molecule has 0 aliphatic heterocycles. The summed E-state index contributed by atoms with van der Waals surface area (Å²) in [6.45, 7) is 2.30. The van der Waals surface area contributed by atoms with Crippen LogP contribution in [0, 0.1) is 0 Å². The molecule has 0 N–H and O–H groups in total. The SMILES string of the molecule is CCOC(=O)c1c2c(nn1C1CCCCC1)CCCC2. The van der Waals surface area contributed by atoms with Gasteiger partial charge in [0.15, 0.2) is 0 Å². The zero-order chi connectivity index (χ0) is 13.9. The average Bonchev–Trinajstić information content (AvgIpc) is 2.88. The number of carbonyl (C=O) groups excluding carboxylic acids is 1. The van der Waals surface area contributed by atoms with Crippen LogP contribution < -0.4 is 0 Å². The molecule has 110 valence electrons. The number of hydrogen-bond donors (Lipinski definition) is 0. The molecule has 0 atom stereocenters. The number of nitrogens with zero attached hydrogens (tertiary/aromatic N) is 2. The van der Waals surface area contributed by atoms with Crippen LogP contribution in [0.25, 0.3) is 0 Å². The molecule has 0 spiro atoms. The third-order valence-corrected chi connectivity index (χ3v) is 4.57. The van der Waals surface area contributed by atoms with Crippen LogP contribution in [0.15, 0.2) is 0 Å². The van der Waals surface area contributed by atoms with Gasteiger partial charge in [-0.3, -0.25) is 4.68 Å². The summed E-state index contributed by atoms with van der Waals surface area (Å²) in [6, 6.07) is 0.397. The first-order chi connectivity index (χ1) is 9.81. The molecule has 0 radical (unpaired) electrons. The van der Waals surface area contributed by atoms with Gasteiger partial charge in [-0.05, 0) is 45.4 Å². The van der Waals surface area contributed by atoms with Crippen molar-refractivity contribution in [2.45, 2.75) is 70.8 Å². The molecule has 0 aromatic carbocycles. The van der Waals surface area contributed by atoms with Crippen molar-refractivity contribution in [2.24, 2.45) is 0 Å². The molecule has 1 saturated carbocycles. The van der Waals surface area contributed by atoms with Crippen molar-refractivity contribution in [1.82, 2.24) is 9.78 Å². The topological polar surface area (TPSA) is 44.1 Å². The Hall–Kier alpha value is -1.32. The summed E-state index contributed by atoms with van der Waals surface area (Å²) < 4.78 is 7.31. The Morgan fingerprint density at radius 2 is 1.95 bits per heavy atom. The van der Waals surface area contributed by atoms with Crippen molar-refractivity contribution in [1.29, 1.82) is 0 Å². The van der Waals surface area contributed by atoms with Gasteiger partial charge in [-0.25, -0.2) is 4.79 Å². The van der Waals surface area contributed by atoms with E-state index in [0.717, 1.165) is 43.5 Å². The summed E-state index contributed by atoms with van der Waals surface area (Å²) in [4.78, 5) is 12.4. The summed E-state index contributed by atoms with van der Waals surface area (Å²) in [5.74, 6) is -0.172. The van der Waals surface area contributed by atoms with E-state index >= 15 is 0 Å². The van der Waals surface area contributed by atoms with Crippen LogP contribution in [0.2, 0.25) is 0 Å². The van der Waals surface area contributed by atoms with Gasteiger partial charge >= 0.3 is 5.97 Å². The van der Waals surface area contributed by atoms with E-state index in [4.69, 9.17) is 9.84 Å².